The fourth-order valence-corrected chi connectivity index (χ4v) is 9.53. The van der Waals surface area contributed by atoms with E-state index in [1.54, 1.807) is 11.3 Å². The summed E-state index contributed by atoms with van der Waals surface area (Å²) < 4.78 is 6.17. The zero-order valence-electron chi connectivity index (χ0n) is 21.9. The third kappa shape index (κ3) is 2.90. The predicted octanol–water partition coefficient (Wildman–Crippen LogP) is 11.3. The first-order chi connectivity index (χ1) is 20.8. The summed E-state index contributed by atoms with van der Waals surface area (Å²) in [6.45, 7) is 0. The topological polar surface area (TPSA) is 30.7 Å². The number of rotatable bonds is 1. The Morgan fingerprint density at radius 1 is 0.524 bits per heavy atom. The van der Waals surface area contributed by atoms with Crippen molar-refractivity contribution >= 4 is 118 Å². The summed E-state index contributed by atoms with van der Waals surface area (Å²) in [6, 6.07) is 39.2. The molecule has 0 saturated carbocycles. The summed E-state index contributed by atoms with van der Waals surface area (Å²) in [5, 5.41) is 12.4. The molecule has 10 aromatic rings. The second-order valence-corrected chi connectivity index (χ2v) is 13.1. The predicted molar refractivity (Wildman–Crippen MR) is 182 cm³/mol. The van der Waals surface area contributed by atoms with E-state index in [0.29, 0.717) is 0 Å². The van der Waals surface area contributed by atoms with Crippen molar-refractivity contribution in [1.82, 2.24) is 14.5 Å². The molecule has 196 valence electrons. The molecule has 6 aromatic carbocycles. The van der Waals surface area contributed by atoms with Gasteiger partial charge in [-0.2, -0.15) is 4.98 Å². The first-order valence-electron chi connectivity index (χ1n) is 13.8. The molecule has 10 rings (SSSR count). The fraction of sp³-hybridized carbons (Fsp3) is 0. The quantitative estimate of drug-likeness (QED) is 0.178. The first-order valence-corrected chi connectivity index (χ1v) is 15.8. The van der Waals surface area contributed by atoms with Crippen LogP contribution in [0.25, 0.3) is 89.6 Å². The van der Waals surface area contributed by atoms with Crippen molar-refractivity contribution in [3.8, 4) is 5.82 Å². The molecule has 0 unspecified atom stereocenters. The molecule has 42 heavy (non-hydrogen) atoms. The SMILES string of the molecule is Clc1nc(-n2c3ccccc3c3c4c5ccccc5sc4c4ccccc4c32)c2c(n1)sc1c3ccccc3ccc12. The summed E-state index contributed by atoms with van der Waals surface area (Å²) in [6.07, 6.45) is 0. The van der Waals surface area contributed by atoms with Gasteiger partial charge in [-0.1, -0.05) is 97.1 Å². The Morgan fingerprint density at radius 2 is 1.24 bits per heavy atom. The Kier molecular flexibility index (Phi) is 4.54. The Labute approximate surface area is 251 Å². The minimum absolute atomic E-state index is 0.255. The number of hydrogen-bond donors (Lipinski definition) is 0. The van der Waals surface area contributed by atoms with E-state index in [1.165, 1.54) is 57.2 Å². The van der Waals surface area contributed by atoms with Crippen LogP contribution in [0.15, 0.2) is 109 Å². The molecule has 6 heteroatoms. The number of aromatic nitrogens is 3. The van der Waals surface area contributed by atoms with E-state index >= 15 is 0 Å². The lowest BCUT2D eigenvalue weighted by molar-refractivity contribution is 1.08. The third-order valence-electron chi connectivity index (χ3n) is 8.54. The fourth-order valence-electron chi connectivity index (χ4n) is 6.86. The second kappa shape index (κ2) is 8.26. The van der Waals surface area contributed by atoms with Crippen molar-refractivity contribution in [2.24, 2.45) is 0 Å². The monoisotopic (exact) mass is 591 g/mol. The van der Waals surface area contributed by atoms with E-state index in [0.717, 1.165) is 32.5 Å². The summed E-state index contributed by atoms with van der Waals surface area (Å²) in [5.41, 5.74) is 2.26. The van der Waals surface area contributed by atoms with Crippen LogP contribution in [0.3, 0.4) is 0 Å². The molecule has 0 radical (unpaired) electrons. The van der Waals surface area contributed by atoms with Gasteiger partial charge in [0.1, 0.15) is 4.83 Å². The highest BCUT2D eigenvalue weighted by Gasteiger charge is 2.25. The van der Waals surface area contributed by atoms with Gasteiger partial charge in [0.25, 0.3) is 0 Å². The lowest BCUT2D eigenvalue weighted by atomic mass is 10.00. The maximum absolute atomic E-state index is 6.74. The van der Waals surface area contributed by atoms with E-state index in [2.05, 4.69) is 114 Å². The molecule has 3 nitrogen and oxygen atoms in total. The van der Waals surface area contributed by atoms with E-state index in [9.17, 15) is 0 Å². The highest BCUT2D eigenvalue weighted by Crippen LogP contribution is 2.49. The van der Waals surface area contributed by atoms with Gasteiger partial charge in [-0.05, 0) is 34.5 Å². The molecule has 0 aliphatic carbocycles. The molecule has 0 atom stereocenters. The van der Waals surface area contributed by atoms with Gasteiger partial charge in [-0.25, -0.2) is 4.98 Å². The number of hydrogen-bond acceptors (Lipinski definition) is 4. The minimum Gasteiger partial charge on any atom is -0.292 e. The molecule has 0 aliphatic heterocycles. The van der Waals surface area contributed by atoms with Crippen LogP contribution in [0.1, 0.15) is 0 Å². The zero-order valence-corrected chi connectivity index (χ0v) is 24.3. The maximum Gasteiger partial charge on any atom is 0.225 e. The summed E-state index contributed by atoms with van der Waals surface area (Å²) in [4.78, 5) is 10.7. The van der Waals surface area contributed by atoms with Crippen molar-refractivity contribution in [1.29, 1.82) is 0 Å². The summed E-state index contributed by atoms with van der Waals surface area (Å²) in [7, 11) is 0. The normalized spacial score (nSPS) is 12.4. The van der Waals surface area contributed by atoms with Gasteiger partial charge in [0.15, 0.2) is 5.82 Å². The number of halogens is 1. The molecule has 0 saturated heterocycles. The van der Waals surface area contributed by atoms with E-state index < -0.39 is 0 Å². The number of fused-ring (bicyclic) bond motifs is 15. The summed E-state index contributed by atoms with van der Waals surface area (Å²) >= 11 is 10.3. The third-order valence-corrected chi connectivity index (χ3v) is 11.0. The Bertz CT molecular complexity index is 2770. The van der Waals surface area contributed by atoms with Gasteiger partial charge >= 0.3 is 0 Å². The highest BCUT2D eigenvalue weighted by atomic mass is 35.5. The van der Waals surface area contributed by atoms with Crippen LogP contribution in [0.2, 0.25) is 5.28 Å². The van der Waals surface area contributed by atoms with Gasteiger partial charge in [0.2, 0.25) is 5.28 Å². The average molecular weight is 592 g/mol. The standard InChI is InChI=1S/C36H18ClN3S2/c37-36-38-34(30-25-18-17-19-9-1-2-10-20(19)32(25)42-35(30)39-36)40-26-15-7-5-13-23(26)28-29-24-14-6-8-16-27(24)41-33(29)22-12-4-3-11-21(22)31(28)40/h1-18H. The molecule has 0 aliphatic rings. The maximum atomic E-state index is 6.74. The number of benzene rings is 6. The molecule has 4 heterocycles. The van der Waals surface area contributed by atoms with Crippen molar-refractivity contribution < 1.29 is 0 Å². The number of para-hydroxylation sites is 1. The minimum atomic E-state index is 0.255. The molecular formula is C36H18ClN3S2. The summed E-state index contributed by atoms with van der Waals surface area (Å²) in [5.74, 6) is 0.821. The van der Waals surface area contributed by atoms with Crippen LogP contribution in [-0.4, -0.2) is 14.5 Å². The molecule has 0 bridgehead atoms. The molecule has 0 spiro atoms. The Hall–Kier alpha value is -4.55. The lowest BCUT2D eigenvalue weighted by Crippen LogP contribution is -2.00. The zero-order chi connectivity index (χ0) is 27.5. The van der Waals surface area contributed by atoms with Gasteiger partial charge < -0.3 is 0 Å². The largest absolute Gasteiger partial charge is 0.292 e. The van der Waals surface area contributed by atoms with E-state index in [1.807, 2.05) is 11.3 Å². The van der Waals surface area contributed by atoms with Crippen molar-refractivity contribution in [2.45, 2.75) is 0 Å². The van der Waals surface area contributed by atoms with Gasteiger partial charge in [-0.3, -0.25) is 4.57 Å². The second-order valence-electron chi connectivity index (χ2n) is 10.7. The molecule has 0 amide bonds. The Balaban J connectivity index is 1.50. The first kappa shape index (κ1) is 23.1. The van der Waals surface area contributed by atoms with Crippen molar-refractivity contribution in [3.63, 3.8) is 0 Å². The highest BCUT2D eigenvalue weighted by molar-refractivity contribution is 7.27. The average Bonchev–Trinajstić information content (AvgIpc) is 3.70. The number of thiophene rings is 2. The van der Waals surface area contributed by atoms with E-state index in [-0.39, 0.29) is 5.28 Å². The van der Waals surface area contributed by atoms with Crippen LogP contribution in [-0.2, 0) is 0 Å². The number of nitrogens with zero attached hydrogens (tertiary/aromatic N) is 3. The lowest BCUT2D eigenvalue weighted by Gasteiger charge is -2.12. The van der Waals surface area contributed by atoms with Crippen molar-refractivity contribution in [2.75, 3.05) is 0 Å². The van der Waals surface area contributed by atoms with Crippen LogP contribution < -0.4 is 0 Å². The van der Waals surface area contributed by atoms with Gasteiger partial charge in [-0.15, -0.1) is 22.7 Å². The molecular weight excluding hydrogens is 574 g/mol. The van der Waals surface area contributed by atoms with Gasteiger partial charge in [0, 0.05) is 51.8 Å². The molecule has 0 fully saturated rings. The van der Waals surface area contributed by atoms with Crippen LogP contribution in [0, 0.1) is 0 Å². The molecule has 0 N–H and O–H groups in total. The van der Waals surface area contributed by atoms with Crippen molar-refractivity contribution in [3.05, 3.63) is 114 Å². The van der Waals surface area contributed by atoms with Gasteiger partial charge in [0.05, 0.1) is 16.4 Å². The van der Waals surface area contributed by atoms with Crippen LogP contribution in [0.5, 0.6) is 0 Å². The smallest absolute Gasteiger partial charge is 0.225 e. The van der Waals surface area contributed by atoms with Crippen LogP contribution in [0.4, 0.5) is 0 Å². The van der Waals surface area contributed by atoms with Crippen LogP contribution >= 0.6 is 34.3 Å². The molecule has 4 aromatic heterocycles. The van der Waals surface area contributed by atoms with E-state index in [4.69, 9.17) is 21.6 Å². The Morgan fingerprint density at radius 3 is 2.12 bits per heavy atom.